The van der Waals surface area contributed by atoms with Gasteiger partial charge in [0.25, 0.3) is 0 Å². The smallest absolute Gasteiger partial charge is 0.324 e. The molecule has 2 amide bonds. The van der Waals surface area contributed by atoms with Crippen molar-refractivity contribution in [1.29, 1.82) is 0 Å². The van der Waals surface area contributed by atoms with Crippen LogP contribution in [-0.4, -0.2) is 53.0 Å². The van der Waals surface area contributed by atoms with Crippen molar-refractivity contribution in [2.75, 3.05) is 32.6 Å². The number of nitrogens with one attached hydrogen (secondary N) is 1. The molecule has 0 aliphatic carbocycles. The lowest BCUT2D eigenvalue weighted by molar-refractivity contribution is 0.214. The second-order valence-corrected chi connectivity index (χ2v) is 6.00. The summed E-state index contributed by atoms with van der Waals surface area (Å²) in [5, 5.41) is 6.93. The summed E-state index contributed by atoms with van der Waals surface area (Å²) in [6.07, 6.45) is 1.52. The van der Waals surface area contributed by atoms with Gasteiger partial charge >= 0.3 is 6.03 Å². The lowest BCUT2D eigenvalue weighted by Gasteiger charge is -2.19. The molecule has 3 rings (SSSR count). The normalized spacial score (nSPS) is 13.8. The minimum absolute atomic E-state index is 0.183. The van der Waals surface area contributed by atoms with E-state index in [-0.39, 0.29) is 6.03 Å². The molecule has 25 heavy (non-hydrogen) atoms. The van der Waals surface area contributed by atoms with Crippen molar-refractivity contribution < 1.29 is 14.3 Å². The molecule has 0 bridgehead atoms. The number of aromatic nitrogens is 3. The predicted octanol–water partition coefficient (Wildman–Crippen LogP) is 1.77. The first kappa shape index (κ1) is 17.1. The van der Waals surface area contributed by atoms with Crippen LogP contribution in [0.3, 0.4) is 0 Å². The van der Waals surface area contributed by atoms with Crippen molar-refractivity contribution >= 4 is 12.0 Å². The van der Waals surface area contributed by atoms with Crippen LogP contribution < -0.4 is 14.8 Å². The number of anilines is 1. The Morgan fingerprint density at radius 2 is 1.68 bits per heavy atom. The third-order valence-electron chi connectivity index (χ3n) is 4.49. The minimum Gasteiger partial charge on any atom is -0.493 e. The van der Waals surface area contributed by atoms with Crippen LogP contribution >= 0.6 is 0 Å². The lowest BCUT2D eigenvalue weighted by atomic mass is 10.0. The van der Waals surface area contributed by atoms with Gasteiger partial charge in [0, 0.05) is 20.1 Å². The number of hydrogen-bond acceptors (Lipinski definition) is 5. The molecule has 0 fully saturated rings. The summed E-state index contributed by atoms with van der Waals surface area (Å²) in [5.74, 6) is 2.51. The molecular formula is C17H23N5O3. The van der Waals surface area contributed by atoms with Crippen molar-refractivity contribution in [3.05, 3.63) is 29.1 Å². The van der Waals surface area contributed by atoms with E-state index in [1.807, 2.05) is 19.1 Å². The second kappa shape index (κ2) is 7.00. The molecule has 8 heteroatoms. The number of amides is 2. The zero-order valence-corrected chi connectivity index (χ0v) is 15.0. The summed E-state index contributed by atoms with van der Waals surface area (Å²) in [4.78, 5) is 18.5. The van der Waals surface area contributed by atoms with Crippen LogP contribution in [0, 0.1) is 6.92 Å². The first-order valence-corrected chi connectivity index (χ1v) is 8.19. The maximum Gasteiger partial charge on any atom is 0.324 e. The molecule has 1 N–H and O–H groups in total. The highest BCUT2D eigenvalue weighted by Gasteiger charge is 2.21. The standard InChI is InChI=1S/C17H23N5O3/c1-11-18-16(20-21(11)2)19-17(23)22-7-5-12-9-14(24-3)15(25-4)10-13(12)6-8-22/h9-10H,5-8H2,1-4H3,(H,19,20,23). The quantitative estimate of drug-likeness (QED) is 0.917. The van der Waals surface area contributed by atoms with Gasteiger partial charge in [-0.2, -0.15) is 4.98 Å². The van der Waals surface area contributed by atoms with Crippen molar-refractivity contribution in [1.82, 2.24) is 19.7 Å². The number of nitrogens with zero attached hydrogens (tertiary/aromatic N) is 4. The van der Waals surface area contributed by atoms with E-state index in [2.05, 4.69) is 15.4 Å². The van der Waals surface area contributed by atoms with Gasteiger partial charge < -0.3 is 14.4 Å². The van der Waals surface area contributed by atoms with E-state index >= 15 is 0 Å². The van der Waals surface area contributed by atoms with Crippen molar-refractivity contribution in [3.63, 3.8) is 0 Å². The number of carbonyl (C=O) groups excluding carboxylic acids is 1. The topological polar surface area (TPSA) is 81.5 Å². The molecule has 8 nitrogen and oxygen atoms in total. The van der Waals surface area contributed by atoms with Crippen molar-refractivity contribution in [2.24, 2.45) is 7.05 Å². The van der Waals surface area contributed by atoms with E-state index in [1.54, 1.807) is 30.8 Å². The van der Waals surface area contributed by atoms with E-state index in [0.29, 0.717) is 30.5 Å². The van der Waals surface area contributed by atoms with Crippen LogP contribution in [0.2, 0.25) is 0 Å². The van der Waals surface area contributed by atoms with E-state index in [1.165, 1.54) is 11.1 Å². The van der Waals surface area contributed by atoms with Crippen LogP contribution in [-0.2, 0) is 19.9 Å². The van der Waals surface area contributed by atoms with Gasteiger partial charge in [-0.1, -0.05) is 0 Å². The van der Waals surface area contributed by atoms with Crippen molar-refractivity contribution in [2.45, 2.75) is 19.8 Å². The summed E-state index contributed by atoms with van der Waals surface area (Å²) in [6, 6.07) is 3.82. The van der Waals surface area contributed by atoms with Gasteiger partial charge in [0.15, 0.2) is 11.5 Å². The third kappa shape index (κ3) is 3.52. The third-order valence-corrected chi connectivity index (χ3v) is 4.49. The number of hydrogen-bond donors (Lipinski definition) is 1. The first-order chi connectivity index (χ1) is 12.0. The Balaban J connectivity index is 1.71. The van der Waals surface area contributed by atoms with E-state index in [9.17, 15) is 4.79 Å². The molecule has 1 aliphatic rings. The molecule has 2 aromatic rings. The molecule has 2 heterocycles. The number of aryl methyl sites for hydroxylation is 2. The van der Waals surface area contributed by atoms with E-state index < -0.39 is 0 Å². The Kier molecular flexibility index (Phi) is 4.78. The predicted molar refractivity (Wildman–Crippen MR) is 93.3 cm³/mol. The monoisotopic (exact) mass is 345 g/mol. The highest BCUT2D eigenvalue weighted by Crippen LogP contribution is 2.32. The lowest BCUT2D eigenvalue weighted by Crippen LogP contribution is -2.37. The number of ether oxygens (including phenoxy) is 2. The minimum atomic E-state index is -0.183. The highest BCUT2D eigenvalue weighted by atomic mass is 16.5. The maximum absolute atomic E-state index is 12.5. The number of rotatable bonds is 3. The fraction of sp³-hybridized carbons (Fsp3) is 0.471. The maximum atomic E-state index is 12.5. The van der Waals surface area contributed by atoms with Gasteiger partial charge in [-0.3, -0.25) is 10.00 Å². The summed E-state index contributed by atoms with van der Waals surface area (Å²) in [6.45, 7) is 3.09. The Hall–Kier alpha value is -2.77. The van der Waals surface area contributed by atoms with Crippen molar-refractivity contribution in [3.8, 4) is 11.5 Å². The molecule has 1 aliphatic heterocycles. The molecule has 0 spiro atoms. The Morgan fingerprint density at radius 1 is 1.12 bits per heavy atom. The Labute approximate surface area is 146 Å². The van der Waals surface area contributed by atoms with Gasteiger partial charge in [-0.15, -0.1) is 5.10 Å². The zero-order chi connectivity index (χ0) is 18.0. The molecule has 0 saturated heterocycles. The zero-order valence-electron chi connectivity index (χ0n) is 15.0. The van der Waals surface area contributed by atoms with Crippen LogP contribution in [0.15, 0.2) is 12.1 Å². The highest BCUT2D eigenvalue weighted by molar-refractivity contribution is 5.87. The summed E-state index contributed by atoms with van der Waals surface area (Å²) in [7, 11) is 5.05. The molecule has 0 radical (unpaired) electrons. The molecule has 0 unspecified atom stereocenters. The summed E-state index contributed by atoms with van der Waals surface area (Å²) in [5.41, 5.74) is 2.36. The fourth-order valence-electron chi connectivity index (χ4n) is 2.94. The van der Waals surface area contributed by atoms with Gasteiger partial charge in [-0.05, 0) is 43.0 Å². The fourth-order valence-corrected chi connectivity index (χ4v) is 2.94. The van der Waals surface area contributed by atoms with E-state index in [0.717, 1.165) is 18.7 Å². The molecule has 134 valence electrons. The summed E-state index contributed by atoms with van der Waals surface area (Å²) < 4.78 is 12.4. The van der Waals surface area contributed by atoms with Gasteiger partial charge in [0.1, 0.15) is 5.82 Å². The first-order valence-electron chi connectivity index (χ1n) is 8.19. The number of urea groups is 1. The average Bonchev–Trinajstić information content (AvgIpc) is 2.81. The number of methoxy groups -OCH3 is 2. The van der Waals surface area contributed by atoms with Crippen LogP contribution in [0.5, 0.6) is 11.5 Å². The second-order valence-electron chi connectivity index (χ2n) is 6.00. The number of fused-ring (bicyclic) bond motifs is 1. The number of carbonyl (C=O) groups is 1. The molecular weight excluding hydrogens is 322 g/mol. The summed E-state index contributed by atoms with van der Waals surface area (Å²) >= 11 is 0. The largest absolute Gasteiger partial charge is 0.493 e. The SMILES string of the molecule is COc1cc2c(cc1OC)CCN(C(=O)Nc1nc(C)n(C)n1)CC2. The van der Waals surface area contributed by atoms with E-state index in [4.69, 9.17) is 9.47 Å². The molecule has 1 aromatic heterocycles. The van der Waals surface area contributed by atoms with Crippen LogP contribution in [0.4, 0.5) is 10.7 Å². The average molecular weight is 345 g/mol. The molecule has 0 atom stereocenters. The van der Waals surface area contributed by atoms with Crippen LogP contribution in [0.1, 0.15) is 17.0 Å². The Morgan fingerprint density at radius 3 is 2.12 bits per heavy atom. The number of benzene rings is 1. The Bertz CT molecular complexity index is 732. The van der Waals surface area contributed by atoms with Crippen LogP contribution in [0.25, 0.3) is 0 Å². The van der Waals surface area contributed by atoms with Gasteiger partial charge in [0.05, 0.1) is 14.2 Å². The molecule has 0 saturated carbocycles. The van der Waals surface area contributed by atoms with Gasteiger partial charge in [0.2, 0.25) is 5.95 Å². The molecule has 1 aromatic carbocycles. The van der Waals surface area contributed by atoms with Gasteiger partial charge in [-0.25, -0.2) is 4.79 Å².